The standard InChI is InChI=1S/C8H17NO2/c1-6(2)10-5-7-3-4-8(9)11-7/h6-8H,3-5,9H2,1-2H3. The smallest absolute Gasteiger partial charge is 0.106 e. The van der Waals surface area contributed by atoms with E-state index in [9.17, 15) is 0 Å². The average molecular weight is 159 g/mol. The zero-order valence-electron chi connectivity index (χ0n) is 7.25. The second kappa shape index (κ2) is 4.04. The van der Waals surface area contributed by atoms with Crippen LogP contribution in [-0.4, -0.2) is 25.0 Å². The Labute approximate surface area is 67.9 Å². The topological polar surface area (TPSA) is 44.5 Å². The lowest BCUT2D eigenvalue weighted by molar-refractivity contribution is -0.0306. The molecule has 1 aliphatic heterocycles. The molecule has 0 aliphatic carbocycles. The molecule has 3 heteroatoms. The highest BCUT2D eigenvalue weighted by Crippen LogP contribution is 2.16. The van der Waals surface area contributed by atoms with E-state index in [0.29, 0.717) is 6.61 Å². The first-order chi connectivity index (χ1) is 5.18. The molecule has 11 heavy (non-hydrogen) atoms. The third kappa shape index (κ3) is 3.18. The Kier molecular flexibility index (Phi) is 3.30. The molecule has 0 bridgehead atoms. The van der Waals surface area contributed by atoms with Gasteiger partial charge in [0.2, 0.25) is 0 Å². The van der Waals surface area contributed by atoms with E-state index >= 15 is 0 Å². The molecule has 2 unspecified atom stereocenters. The van der Waals surface area contributed by atoms with Crippen molar-refractivity contribution in [1.29, 1.82) is 0 Å². The van der Waals surface area contributed by atoms with Crippen LogP contribution in [0.25, 0.3) is 0 Å². The van der Waals surface area contributed by atoms with E-state index in [0.717, 1.165) is 12.8 Å². The molecule has 0 aromatic rings. The summed E-state index contributed by atoms with van der Waals surface area (Å²) in [6, 6.07) is 0. The van der Waals surface area contributed by atoms with Crippen LogP contribution >= 0.6 is 0 Å². The van der Waals surface area contributed by atoms with Crippen LogP contribution in [0.15, 0.2) is 0 Å². The van der Waals surface area contributed by atoms with E-state index < -0.39 is 0 Å². The van der Waals surface area contributed by atoms with Gasteiger partial charge in [-0.2, -0.15) is 0 Å². The van der Waals surface area contributed by atoms with Crippen molar-refractivity contribution in [3.05, 3.63) is 0 Å². The molecule has 0 aromatic heterocycles. The van der Waals surface area contributed by atoms with Gasteiger partial charge in [0.1, 0.15) is 6.23 Å². The number of nitrogens with two attached hydrogens (primary N) is 1. The minimum absolute atomic E-state index is 0.0595. The fourth-order valence-corrected chi connectivity index (χ4v) is 1.16. The molecule has 0 spiro atoms. The molecule has 1 aliphatic rings. The van der Waals surface area contributed by atoms with Gasteiger partial charge in [0.25, 0.3) is 0 Å². The molecule has 0 aromatic carbocycles. The first-order valence-electron chi connectivity index (χ1n) is 4.21. The Morgan fingerprint density at radius 2 is 2.27 bits per heavy atom. The van der Waals surface area contributed by atoms with Gasteiger partial charge in [-0.05, 0) is 26.7 Å². The molecular formula is C8H17NO2. The predicted octanol–water partition coefficient (Wildman–Crippen LogP) is 0.875. The van der Waals surface area contributed by atoms with Crippen LogP contribution in [-0.2, 0) is 9.47 Å². The summed E-state index contributed by atoms with van der Waals surface area (Å²) >= 11 is 0. The van der Waals surface area contributed by atoms with E-state index in [1.807, 2.05) is 13.8 Å². The van der Waals surface area contributed by atoms with Crippen molar-refractivity contribution < 1.29 is 9.47 Å². The summed E-state index contributed by atoms with van der Waals surface area (Å²) < 4.78 is 10.8. The Morgan fingerprint density at radius 3 is 2.73 bits per heavy atom. The van der Waals surface area contributed by atoms with E-state index in [4.69, 9.17) is 15.2 Å². The second-order valence-corrected chi connectivity index (χ2v) is 3.26. The highest BCUT2D eigenvalue weighted by Gasteiger charge is 2.22. The van der Waals surface area contributed by atoms with Crippen molar-refractivity contribution in [2.45, 2.75) is 45.1 Å². The highest BCUT2D eigenvalue weighted by atomic mass is 16.6. The maximum absolute atomic E-state index is 5.55. The molecule has 3 nitrogen and oxygen atoms in total. The largest absolute Gasteiger partial charge is 0.376 e. The summed E-state index contributed by atoms with van der Waals surface area (Å²) in [5.41, 5.74) is 5.55. The molecule has 66 valence electrons. The molecule has 0 radical (unpaired) electrons. The normalized spacial score (nSPS) is 31.6. The van der Waals surface area contributed by atoms with Gasteiger partial charge in [0.15, 0.2) is 0 Å². The van der Waals surface area contributed by atoms with Crippen LogP contribution in [0.2, 0.25) is 0 Å². The van der Waals surface area contributed by atoms with E-state index in [-0.39, 0.29) is 18.4 Å². The molecule has 2 atom stereocenters. The molecule has 2 N–H and O–H groups in total. The molecule has 1 heterocycles. The molecule has 1 saturated heterocycles. The van der Waals surface area contributed by atoms with Crippen molar-refractivity contribution in [1.82, 2.24) is 0 Å². The molecule has 0 amide bonds. The van der Waals surface area contributed by atoms with Crippen LogP contribution in [0, 0.1) is 0 Å². The van der Waals surface area contributed by atoms with Crippen molar-refractivity contribution in [3.63, 3.8) is 0 Å². The lowest BCUT2D eigenvalue weighted by Gasteiger charge is -2.13. The second-order valence-electron chi connectivity index (χ2n) is 3.26. The lowest BCUT2D eigenvalue weighted by Crippen LogP contribution is -2.23. The zero-order chi connectivity index (χ0) is 8.27. The molecular weight excluding hydrogens is 142 g/mol. The van der Waals surface area contributed by atoms with Crippen LogP contribution in [0.4, 0.5) is 0 Å². The third-order valence-corrected chi connectivity index (χ3v) is 1.76. The number of rotatable bonds is 3. The van der Waals surface area contributed by atoms with Gasteiger partial charge in [-0.15, -0.1) is 0 Å². The summed E-state index contributed by atoms with van der Waals surface area (Å²) in [5.74, 6) is 0. The van der Waals surface area contributed by atoms with Crippen LogP contribution in [0.5, 0.6) is 0 Å². The van der Waals surface area contributed by atoms with Gasteiger partial charge < -0.3 is 15.2 Å². The summed E-state index contributed by atoms with van der Waals surface area (Å²) in [4.78, 5) is 0. The van der Waals surface area contributed by atoms with Gasteiger partial charge >= 0.3 is 0 Å². The van der Waals surface area contributed by atoms with E-state index in [2.05, 4.69) is 0 Å². The Hall–Kier alpha value is -0.120. The quantitative estimate of drug-likeness (QED) is 0.664. The van der Waals surface area contributed by atoms with Crippen molar-refractivity contribution in [2.75, 3.05) is 6.61 Å². The Morgan fingerprint density at radius 1 is 1.55 bits per heavy atom. The van der Waals surface area contributed by atoms with Crippen LogP contribution < -0.4 is 5.73 Å². The lowest BCUT2D eigenvalue weighted by atomic mass is 10.2. The monoisotopic (exact) mass is 159 g/mol. The van der Waals surface area contributed by atoms with E-state index in [1.165, 1.54) is 0 Å². The fraction of sp³-hybridized carbons (Fsp3) is 1.00. The maximum Gasteiger partial charge on any atom is 0.106 e. The third-order valence-electron chi connectivity index (χ3n) is 1.76. The Bertz CT molecular complexity index is 117. The summed E-state index contributed by atoms with van der Waals surface area (Å²) in [6.07, 6.45) is 2.46. The van der Waals surface area contributed by atoms with Gasteiger partial charge in [-0.1, -0.05) is 0 Å². The fourth-order valence-electron chi connectivity index (χ4n) is 1.16. The van der Waals surface area contributed by atoms with Gasteiger partial charge in [-0.25, -0.2) is 0 Å². The van der Waals surface area contributed by atoms with Crippen molar-refractivity contribution >= 4 is 0 Å². The predicted molar refractivity (Wildman–Crippen MR) is 43.2 cm³/mol. The highest BCUT2D eigenvalue weighted by molar-refractivity contribution is 4.68. The number of hydrogen-bond acceptors (Lipinski definition) is 3. The summed E-state index contributed by atoms with van der Waals surface area (Å²) in [5, 5.41) is 0. The first kappa shape index (κ1) is 8.97. The molecule has 1 fully saturated rings. The summed E-state index contributed by atoms with van der Waals surface area (Å²) in [6.45, 7) is 4.73. The first-order valence-corrected chi connectivity index (χ1v) is 4.21. The minimum atomic E-state index is -0.0595. The summed E-state index contributed by atoms with van der Waals surface area (Å²) in [7, 11) is 0. The van der Waals surface area contributed by atoms with Gasteiger partial charge in [0.05, 0.1) is 18.8 Å². The Balaban J connectivity index is 2.08. The average Bonchev–Trinajstić information content (AvgIpc) is 2.31. The molecule has 0 saturated carbocycles. The SMILES string of the molecule is CC(C)OCC1CCC(N)O1. The number of ether oxygens (including phenoxy) is 2. The van der Waals surface area contributed by atoms with Crippen LogP contribution in [0.1, 0.15) is 26.7 Å². The van der Waals surface area contributed by atoms with Gasteiger partial charge in [-0.3, -0.25) is 0 Å². The van der Waals surface area contributed by atoms with Crippen LogP contribution in [0.3, 0.4) is 0 Å². The number of hydrogen-bond donors (Lipinski definition) is 1. The maximum atomic E-state index is 5.55. The van der Waals surface area contributed by atoms with Gasteiger partial charge in [0, 0.05) is 0 Å². The zero-order valence-corrected chi connectivity index (χ0v) is 7.25. The van der Waals surface area contributed by atoms with Crippen molar-refractivity contribution in [3.8, 4) is 0 Å². The van der Waals surface area contributed by atoms with E-state index in [1.54, 1.807) is 0 Å². The molecule has 1 rings (SSSR count). The minimum Gasteiger partial charge on any atom is -0.376 e. The van der Waals surface area contributed by atoms with Crippen molar-refractivity contribution in [2.24, 2.45) is 5.73 Å².